The van der Waals surface area contributed by atoms with Crippen molar-refractivity contribution in [3.8, 4) is 5.75 Å². The summed E-state index contributed by atoms with van der Waals surface area (Å²) in [7, 11) is 1.16. The van der Waals surface area contributed by atoms with Gasteiger partial charge >= 0.3 is 11.7 Å². The lowest BCUT2D eigenvalue weighted by Crippen LogP contribution is -2.03. The van der Waals surface area contributed by atoms with Crippen molar-refractivity contribution in [2.45, 2.75) is 0 Å². The van der Waals surface area contributed by atoms with Gasteiger partial charge in [0.25, 0.3) is 0 Å². The van der Waals surface area contributed by atoms with Crippen LogP contribution in [0.2, 0.25) is 0 Å². The van der Waals surface area contributed by atoms with Gasteiger partial charge in [0.2, 0.25) is 0 Å². The molecule has 0 saturated heterocycles. The van der Waals surface area contributed by atoms with Crippen LogP contribution in [0.5, 0.6) is 5.75 Å². The van der Waals surface area contributed by atoms with Gasteiger partial charge < -0.3 is 9.84 Å². The Hall–Kier alpha value is -1.63. The fourth-order valence-electron chi connectivity index (χ4n) is 0.964. The highest BCUT2D eigenvalue weighted by Gasteiger charge is 2.20. The second-order valence-corrected chi connectivity index (χ2v) is 3.42. The van der Waals surface area contributed by atoms with E-state index >= 15 is 0 Å². The lowest BCUT2D eigenvalue weighted by atomic mass is 10.2. The summed E-state index contributed by atoms with van der Waals surface area (Å²) >= 11 is 2.99. The van der Waals surface area contributed by atoms with E-state index in [1.54, 1.807) is 0 Å². The molecule has 7 heteroatoms. The molecular formula is C8H6BrNO5. The normalized spacial score (nSPS) is 9.73. The molecule has 0 atom stereocenters. The minimum atomic E-state index is -0.784. The molecule has 1 N–H and O–H groups in total. The van der Waals surface area contributed by atoms with Gasteiger partial charge in [-0.3, -0.25) is 10.1 Å². The van der Waals surface area contributed by atoms with Gasteiger partial charge in [0.1, 0.15) is 0 Å². The molecule has 6 nitrogen and oxygen atoms in total. The number of carbonyl (C=O) groups excluding carboxylic acids is 1. The molecule has 0 aliphatic carbocycles. The van der Waals surface area contributed by atoms with E-state index in [-0.39, 0.29) is 10.0 Å². The summed E-state index contributed by atoms with van der Waals surface area (Å²) < 4.78 is 4.65. The number of aromatic hydroxyl groups is 1. The molecular weight excluding hydrogens is 270 g/mol. The van der Waals surface area contributed by atoms with E-state index in [2.05, 4.69) is 20.7 Å². The molecule has 0 saturated carbocycles. The molecule has 0 aliphatic heterocycles. The number of nitro groups is 1. The number of esters is 1. The standard InChI is InChI=1S/C8H6BrNO5/c1-15-8(12)4-2-6(10(13)14)7(11)3-5(4)9/h2-3,11H,1H3. The molecule has 1 aromatic carbocycles. The van der Waals surface area contributed by atoms with Crippen LogP contribution in [0.4, 0.5) is 5.69 Å². The number of carbonyl (C=O) groups is 1. The van der Waals surface area contributed by atoms with Crippen LogP contribution in [-0.4, -0.2) is 23.1 Å². The van der Waals surface area contributed by atoms with Crippen LogP contribution in [0.3, 0.4) is 0 Å². The summed E-state index contributed by atoms with van der Waals surface area (Å²) in [5.41, 5.74) is -0.555. The zero-order valence-corrected chi connectivity index (χ0v) is 9.15. The Bertz CT molecular complexity index is 431. The van der Waals surface area contributed by atoms with Crippen LogP contribution in [0.1, 0.15) is 10.4 Å². The van der Waals surface area contributed by atoms with Crippen molar-refractivity contribution in [3.05, 3.63) is 32.3 Å². The molecule has 0 aromatic heterocycles. The van der Waals surface area contributed by atoms with Crippen molar-refractivity contribution in [1.82, 2.24) is 0 Å². The predicted molar refractivity (Wildman–Crippen MR) is 53.8 cm³/mol. The van der Waals surface area contributed by atoms with Crippen LogP contribution in [0.15, 0.2) is 16.6 Å². The second kappa shape index (κ2) is 4.26. The van der Waals surface area contributed by atoms with E-state index in [0.29, 0.717) is 0 Å². The van der Waals surface area contributed by atoms with Crippen molar-refractivity contribution < 1.29 is 19.6 Å². The smallest absolute Gasteiger partial charge is 0.339 e. The molecule has 0 unspecified atom stereocenters. The SMILES string of the molecule is COC(=O)c1cc([N+](=O)[O-])c(O)cc1Br. The number of nitro benzene ring substituents is 1. The molecule has 0 radical (unpaired) electrons. The van der Waals surface area contributed by atoms with Crippen LogP contribution in [-0.2, 0) is 4.74 Å². The van der Waals surface area contributed by atoms with E-state index in [4.69, 9.17) is 0 Å². The van der Waals surface area contributed by atoms with Crippen LogP contribution in [0, 0.1) is 10.1 Å². The number of methoxy groups -OCH3 is 1. The van der Waals surface area contributed by atoms with Gasteiger partial charge in [-0.25, -0.2) is 4.79 Å². The molecule has 0 heterocycles. The number of nitrogens with zero attached hydrogens (tertiary/aromatic N) is 1. The third kappa shape index (κ3) is 2.24. The summed E-state index contributed by atoms with van der Waals surface area (Å²) in [4.78, 5) is 20.9. The highest BCUT2D eigenvalue weighted by atomic mass is 79.9. The number of halogens is 1. The first-order chi connectivity index (χ1) is 6.97. The first kappa shape index (κ1) is 11.4. The summed E-state index contributed by atoms with van der Waals surface area (Å²) in [5, 5.41) is 19.7. The molecule has 80 valence electrons. The van der Waals surface area contributed by atoms with Crippen molar-refractivity contribution in [1.29, 1.82) is 0 Å². The molecule has 0 spiro atoms. The summed E-state index contributed by atoms with van der Waals surface area (Å²) in [6.07, 6.45) is 0. The lowest BCUT2D eigenvalue weighted by molar-refractivity contribution is -0.385. The van der Waals surface area contributed by atoms with Gasteiger partial charge in [-0.15, -0.1) is 0 Å². The maximum Gasteiger partial charge on any atom is 0.339 e. The van der Waals surface area contributed by atoms with Gasteiger partial charge in [0.05, 0.1) is 17.6 Å². The molecule has 15 heavy (non-hydrogen) atoms. The zero-order chi connectivity index (χ0) is 11.6. The van der Waals surface area contributed by atoms with E-state index in [0.717, 1.165) is 19.2 Å². The quantitative estimate of drug-likeness (QED) is 0.505. The number of ether oxygens (including phenoxy) is 1. The molecule has 0 amide bonds. The highest BCUT2D eigenvalue weighted by Crippen LogP contribution is 2.32. The number of hydrogen-bond acceptors (Lipinski definition) is 5. The largest absolute Gasteiger partial charge is 0.502 e. The molecule has 0 aliphatic rings. The van der Waals surface area contributed by atoms with Crippen molar-refractivity contribution in [2.75, 3.05) is 7.11 Å². The monoisotopic (exact) mass is 275 g/mol. The van der Waals surface area contributed by atoms with E-state index < -0.39 is 22.3 Å². The number of phenolic OH excluding ortho intramolecular Hbond substituents is 1. The maximum atomic E-state index is 11.2. The molecule has 0 fully saturated rings. The van der Waals surface area contributed by atoms with Gasteiger partial charge in [0, 0.05) is 16.6 Å². The number of phenols is 1. The predicted octanol–water partition coefficient (Wildman–Crippen LogP) is 1.85. The van der Waals surface area contributed by atoms with E-state index in [1.165, 1.54) is 0 Å². The first-order valence-electron chi connectivity index (χ1n) is 3.72. The Balaban J connectivity index is 3.36. The third-order valence-electron chi connectivity index (χ3n) is 1.67. The summed E-state index contributed by atoms with van der Waals surface area (Å²) in [6, 6.07) is 2.02. The fourth-order valence-corrected chi connectivity index (χ4v) is 1.46. The summed E-state index contributed by atoms with van der Waals surface area (Å²) in [6.45, 7) is 0. The number of rotatable bonds is 2. The third-order valence-corrected chi connectivity index (χ3v) is 2.32. The van der Waals surface area contributed by atoms with Crippen molar-refractivity contribution in [3.63, 3.8) is 0 Å². The summed E-state index contributed by atoms with van der Waals surface area (Å²) in [5.74, 6) is -1.23. The molecule has 1 rings (SSSR count). The first-order valence-corrected chi connectivity index (χ1v) is 4.52. The molecule has 1 aromatic rings. The number of hydrogen-bond donors (Lipinski definition) is 1. The Morgan fingerprint density at radius 3 is 2.67 bits per heavy atom. The lowest BCUT2D eigenvalue weighted by Gasteiger charge is -2.03. The van der Waals surface area contributed by atoms with Crippen LogP contribution < -0.4 is 0 Å². The topological polar surface area (TPSA) is 89.7 Å². The van der Waals surface area contributed by atoms with Crippen LogP contribution in [0.25, 0.3) is 0 Å². The van der Waals surface area contributed by atoms with Gasteiger partial charge in [-0.2, -0.15) is 0 Å². The van der Waals surface area contributed by atoms with Gasteiger partial charge in [-0.1, -0.05) is 0 Å². The Labute approximate surface area is 92.8 Å². The average Bonchev–Trinajstić information content (AvgIpc) is 2.16. The fraction of sp³-hybridized carbons (Fsp3) is 0.125. The van der Waals surface area contributed by atoms with Crippen molar-refractivity contribution >= 4 is 27.6 Å². The minimum absolute atomic E-state index is 0.0120. The van der Waals surface area contributed by atoms with Gasteiger partial charge in [-0.05, 0) is 15.9 Å². The van der Waals surface area contributed by atoms with E-state index in [1.807, 2.05) is 0 Å². The molecule has 0 bridgehead atoms. The van der Waals surface area contributed by atoms with Crippen molar-refractivity contribution in [2.24, 2.45) is 0 Å². The second-order valence-electron chi connectivity index (χ2n) is 2.57. The van der Waals surface area contributed by atoms with E-state index in [9.17, 15) is 20.0 Å². The zero-order valence-electron chi connectivity index (χ0n) is 7.56. The Morgan fingerprint density at radius 1 is 1.60 bits per heavy atom. The minimum Gasteiger partial charge on any atom is -0.502 e. The number of benzene rings is 1. The average molecular weight is 276 g/mol. The highest BCUT2D eigenvalue weighted by molar-refractivity contribution is 9.10. The van der Waals surface area contributed by atoms with Crippen LogP contribution >= 0.6 is 15.9 Å². The maximum absolute atomic E-state index is 11.2. The van der Waals surface area contributed by atoms with Gasteiger partial charge in [0.15, 0.2) is 5.75 Å². The Morgan fingerprint density at radius 2 is 2.20 bits per heavy atom. The Kier molecular flexibility index (Phi) is 3.25.